The topological polar surface area (TPSA) is 105 Å². The molecule has 0 radical (unpaired) electrons. The first-order valence-electron chi connectivity index (χ1n) is 9.24. The Hall–Kier alpha value is -3.59. The average Bonchev–Trinajstić information content (AvgIpc) is 2.97. The summed E-state index contributed by atoms with van der Waals surface area (Å²) in [5.74, 6) is -1.75. The van der Waals surface area contributed by atoms with Gasteiger partial charge in [-0.1, -0.05) is 18.2 Å². The van der Waals surface area contributed by atoms with E-state index < -0.39 is 23.7 Å². The fraction of sp³-hybridized carbons (Fsp3) is 0.190. The SMILES string of the molecule is CCOC(=O)c1cccc(NC(=S)NC(=O)CCN2C(=O)c3ccccc3C2=O)c1. The molecular weight excluding hydrogens is 406 g/mol. The van der Waals surface area contributed by atoms with Gasteiger partial charge >= 0.3 is 5.97 Å². The van der Waals surface area contributed by atoms with Gasteiger partial charge in [-0.2, -0.15) is 0 Å². The molecule has 0 unspecified atom stereocenters. The lowest BCUT2D eigenvalue weighted by Crippen LogP contribution is -2.38. The van der Waals surface area contributed by atoms with Crippen LogP contribution in [0.4, 0.5) is 5.69 Å². The van der Waals surface area contributed by atoms with Crippen molar-refractivity contribution in [3.8, 4) is 0 Å². The highest BCUT2D eigenvalue weighted by Crippen LogP contribution is 2.22. The number of carbonyl (C=O) groups excluding carboxylic acids is 4. The molecule has 2 aromatic carbocycles. The van der Waals surface area contributed by atoms with E-state index in [1.807, 2.05) is 0 Å². The summed E-state index contributed by atoms with van der Waals surface area (Å²) in [4.78, 5) is 49.7. The predicted molar refractivity (Wildman–Crippen MR) is 113 cm³/mol. The zero-order chi connectivity index (χ0) is 21.7. The Labute approximate surface area is 178 Å². The third-order valence-electron chi connectivity index (χ3n) is 4.33. The van der Waals surface area contributed by atoms with Crippen molar-refractivity contribution < 1.29 is 23.9 Å². The lowest BCUT2D eigenvalue weighted by molar-refractivity contribution is -0.119. The van der Waals surface area contributed by atoms with Crippen molar-refractivity contribution in [3.63, 3.8) is 0 Å². The minimum absolute atomic E-state index is 0.0309. The standard InChI is InChI=1S/C21H19N3O5S/c1-2-29-20(28)13-6-5-7-14(12-13)22-21(30)23-17(25)10-11-24-18(26)15-8-3-4-9-16(15)19(24)27/h3-9,12H,2,10-11H2,1H3,(H2,22,23,25,30). The zero-order valence-corrected chi connectivity index (χ0v) is 17.0. The minimum Gasteiger partial charge on any atom is -0.462 e. The van der Waals surface area contributed by atoms with E-state index in [-0.39, 0.29) is 24.7 Å². The maximum Gasteiger partial charge on any atom is 0.338 e. The fourth-order valence-electron chi connectivity index (χ4n) is 2.95. The number of nitrogens with one attached hydrogen (secondary N) is 2. The number of hydrogen-bond donors (Lipinski definition) is 2. The van der Waals surface area contributed by atoms with Gasteiger partial charge in [0.25, 0.3) is 11.8 Å². The van der Waals surface area contributed by atoms with Gasteiger partial charge in [0.1, 0.15) is 0 Å². The Bertz CT molecular complexity index is 1000. The molecule has 0 saturated heterocycles. The Morgan fingerprint density at radius 2 is 1.70 bits per heavy atom. The van der Waals surface area contributed by atoms with Gasteiger partial charge in [-0.05, 0) is 49.5 Å². The molecule has 0 atom stereocenters. The maximum atomic E-state index is 12.3. The molecule has 3 rings (SSSR count). The minimum atomic E-state index is -0.461. The monoisotopic (exact) mass is 425 g/mol. The molecule has 1 heterocycles. The van der Waals surface area contributed by atoms with Gasteiger partial charge in [-0.15, -0.1) is 0 Å². The Kier molecular flexibility index (Phi) is 6.53. The van der Waals surface area contributed by atoms with Crippen molar-refractivity contribution >= 4 is 46.7 Å². The van der Waals surface area contributed by atoms with E-state index in [0.717, 1.165) is 4.90 Å². The molecule has 0 bridgehead atoms. The van der Waals surface area contributed by atoms with Crippen molar-refractivity contribution in [1.29, 1.82) is 0 Å². The van der Waals surface area contributed by atoms with Crippen LogP contribution < -0.4 is 10.6 Å². The van der Waals surface area contributed by atoms with Crippen molar-refractivity contribution in [2.24, 2.45) is 0 Å². The second-order valence-electron chi connectivity index (χ2n) is 6.36. The van der Waals surface area contributed by atoms with Gasteiger partial charge < -0.3 is 15.4 Å². The quantitative estimate of drug-likeness (QED) is 0.416. The molecule has 9 heteroatoms. The maximum absolute atomic E-state index is 12.3. The van der Waals surface area contributed by atoms with E-state index in [2.05, 4.69) is 10.6 Å². The molecule has 30 heavy (non-hydrogen) atoms. The summed E-state index contributed by atoms with van der Waals surface area (Å²) in [6, 6.07) is 13.0. The largest absolute Gasteiger partial charge is 0.462 e. The third kappa shape index (κ3) is 4.69. The van der Waals surface area contributed by atoms with Crippen molar-refractivity contribution in [3.05, 3.63) is 65.2 Å². The highest BCUT2D eigenvalue weighted by Gasteiger charge is 2.34. The fourth-order valence-corrected chi connectivity index (χ4v) is 3.18. The van der Waals surface area contributed by atoms with Crippen LogP contribution in [0.2, 0.25) is 0 Å². The number of nitrogens with zero attached hydrogens (tertiary/aromatic N) is 1. The molecule has 0 aromatic heterocycles. The third-order valence-corrected chi connectivity index (χ3v) is 4.53. The van der Waals surface area contributed by atoms with Gasteiger partial charge in [-0.3, -0.25) is 19.3 Å². The summed E-state index contributed by atoms with van der Waals surface area (Å²) in [5.41, 5.74) is 1.52. The van der Waals surface area contributed by atoms with Crippen molar-refractivity contribution in [2.45, 2.75) is 13.3 Å². The number of carbonyl (C=O) groups is 4. The zero-order valence-electron chi connectivity index (χ0n) is 16.1. The summed E-state index contributed by atoms with van der Waals surface area (Å²) in [6.45, 7) is 1.92. The van der Waals surface area contributed by atoms with E-state index in [9.17, 15) is 19.2 Å². The lowest BCUT2D eigenvalue weighted by atomic mass is 10.1. The molecular formula is C21H19N3O5S. The number of thiocarbonyl (C=S) groups is 1. The van der Waals surface area contributed by atoms with Crippen LogP contribution in [0.3, 0.4) is 0 Å². The Morgan fingerprint density at radius 1 is 1.03 bits per heavy atom. The molecule has 2 aromatic rings. The molecule has 1 aliphatic heterocycles. The van der Waals surface area contributed by atoms with Crippen LogP contribution >= 0.6 is 12.2 Å². The summed E-state index contributed by atoms with van der Waals surface area (Å²) in [6.07, 6.45) is -0.101. The molecule has 0 saturated carbocycles. The second-order valence-corrected chi connectivity index (χ2v) is 6.77. The van der Waals surface area contributed by atoms with Gasteiger partial charge in [-0.25, -0.2) is 4.79 Å². The average molecular weight is 425 g/mol. The molecule has 1 aliphatic rings. The highest BCUT2D eigenvalue weighted by atomic mass is 32.1. The first kappa shape index (κ1) is 21.1. The number of esters is 1. The smallest absolute Gasteiger partial charge is 0.338 e. The number of anilines is 1. The summed E-state index contributed by atoms with van der Waals surface area (Å²) < 4.78 is 4.94. The first-order valence-corrected chi connectivity index (χ1v) is 9.64. The van der Waals surface area contributed by atoms with E-state index in [1.165, 1.54) is 0 Å². The molecule has 8 nitrogen and oxygen atoms in total. The lowest BCUT2D eigenvalue weighted by Gasteiger charge is -2.14. The van der Waals surface area contributed by atoms with Gasteiger partial charge in [0, 0.05) is 18.7 Å². The van der Waals surface area contributed by atoms with Crippen molar-refractivity contribution in [1.82, 2.24) is 10.2 Å². The summed E-state index contributed by atoms with van der Waals surface area (Å²) >= 11 is 5.12. The van der Waals surface area contributed by atoms with E-state index in [0.29, 0.717) is 22.4 Å². The summed E-state index contributed by atoms with van der Waals surface area (Å²) in [7, 11) is 0. The first-order chi connectivity index (χ1) is 14.4. The van der Waals surface area contributed by atoms with E-state index in [4.69, 9.17) is 17.0 Å². The number of hydrogen-bond acceptors (Lipinski definition) is 6. The van der Waals surface area contributed by atoms with Crippen LogP contribution in [0.1, 0.15) is 44.4 Å². The van der Waals surface area contributed by atoms with Crippen LogP contribution in [0.5, 0.6) is 0 Å². The molecule has 0 spiro atoms. The van der Waals surface area contributed by atoms with Gasteiger partial charge in [0.15, 0.2) is 5.11 Å². The Morgan fingerprint density at radius 3 is 2.33 bits per heavy atom. The van der Waals surface area contributed by atoms with Crippen LogP contribution in [0.15, 0.2) is 48.5 Å². The number of rotatable bonds is 6. The van der Waals surface area contributed by atoms with Gasteiger partial charge in [0.2, 0.25) is 5.91 Å². The van der Waals surface area contributed by atoms with E-state index in [1.54, 1.807) is 55.5 Å². The van der Waals surface area contributed by atoms with E-state index >= 15 is 0 Å². The molecule has 154 valence electrons. The van der Waals surface area contributed by atoms with Crippen LogP contribution in [0, 0.1) is 0 Å². The second kappa shape index (κ2) is 9.27. The molecule has 2 N–H and O–H groups in total. The molecule has 0 fully saturated rings. The number of benzene rings is 2. The normalized spacial score (nSPS) is 12.4. The van der Waals surface area contributed by atoms with Crippen molar-refractivity contribution in [2.75, 3.05) is 18.5 Å². The highest BCUT2D eigenvalue weighted by molar-refractivity contribution is 7.80. The van der Waals surface area contributed by atoms with Crippen LogP contribution in [-0.2, 0) is 9.53 Å². The van der Waals surface area contributed by atoms with Gasteiger partial charge in [0.05, 0.1) is 23.3 Å². The molecule has 3 amide bonds. The number of ether oxygens (including phenoxy) is 1. The Balaban J connectivity index is 1.52. The van der Waals surface area contributed by atoms with Crippen LogP contribution in [-0.4, -0.2) is 46.9 Å². The number of imide groups is 1. The predicted octanol–water partition coefficient (Wildman–Crippen LogP) is 2.36. The number of amides is 3. The molecule has 0 aliphatic carbocycles. The van der Waals surface area contributed by atoms with Crippen LogP contribution in [0.25, 0.3) is 0 Å². The number of fused-ring (bicyclic) bond motifs is 1. The summed E-state index contributed by atoms with van der Waals surface area (Å²) in [5, 5.41) is 5.34.